The van der Waals surface area contributed by atoms with Crippen molar-refractivity contribution in [3.05, 3.63) is 12.7 Å². The van der Waals surface area contributed by atoms with Crippen molar-refractivity contribution in [2.75, 3.05) is 19.3 Å². The van der Waals surface area contributed by atoms with Gasteiger partial charge in [0.1, 0.15) is 0 Å². The summed E-state index contributed by atoms with van der Waals surface area (Å²) in [5.74, 6) is 0.930. The molecule has 0 unspecified atom stereocenters. The zero-order valence-corrected chi connectivity index (χ0v) is 8.52. The standard InChI is InChI=1S/C9H17NOS/c1-3-9(11)10(2)7-5-4-6-8-12/h3,12H,1,4-8H2,2H3. The van der Waals surface area contributed by atoms with E-state index in [1.54, 1.807) is 11.9 Å². The van der Waals surface area contributed by atoms with Gasteiger partial charge in [0.05, 0.1) is 0 Å². The molecule has 70 valence electrons. The van der Waals surface area contributed by atoms with E-state index < -0.39 is 0 Å². The Labute approximate surface area is 80.0 Å². The number of hydrogen-bond acceptors (Lipinski definition) is 2. The predicted octanol–water partition coefficient (Wildman–Crippen LogP) is 1.73. The number of thiol groups is 1. The van der Waals surface area contributed by atoms with Crippen LogP contribution in [0.25, 0.3) is 0 Å². The molecule has 0 saturated carbocycles. The van der Waals surface area contributed by atoms with Crippen LogP contribution in [0.2, 0.25) is 0 Å². The Kier molecular flexibility index (Phi) is 6.96. The monoisotopic (exact) mass is 187 g/mol. The van der Waals surface area contributed by atoms with Gasteiger partial charge in [0.2, 0.25) is 5.91 Å². The van der Waals surface area contributed by atoms with Crippen LogP contribution in [-0.4, -0.2) is 30.2 Å². The SMILES string of the molecule is C=CC(=O)N(C)CCCCCS. The Hall–Kier alpha value is -0.440. The van der Waals surface area contributed by atoms with E-state index in [2.05, 4.69) is 19.2 Å². The highest BCUT2D eigenvalue weighted by atomic mass is 32.1. The fourth-order valence-corrected chi connectivity index (χ4v) is 1.13. The highest BCUT2D eigenvalue weighted by Gasteiger charge is 2.01. The van der Waals surface area contributed by atoms with Crippen molar-refractivity contribution in [3.8, 4) is 0 Å². The second-order valence-electron chi connectivity index (χ2n) is 2.75. The number of carbonyl (C=O) groups excluding carboxylic acids is 1. The molecule has 1 amide bonds. The van der Waals surface area contributed by atoms with E-state index in [0.717, 1.165) is 31.6 Å². The topological polar surface area (TPSA) is 20.3 Å². The van der Waals surface area contributed by atoms with Crippen LogP contribution in [0, 0.1) is 0 Å². The van der Waals surface area contributed by atoms with E-state index in [9.17, 15) is 4.79 Å². The largest absolute Gasteiger partial charge is 0.342 e. The zero-order chi connectivity index (χ0) is 9.40. The first-order valence-corrected chi connectivity index (χ1v) is 4.84. The number of hydrogen-bond donors (Lipinski definition) is 1. The van der Waals surface area contributed by atoms with Gasteiger partial charge in [0.15, 0.2) is 0 Å². The van der Waals surface area contributed by atoms with Crippen LogP contribution >= 0.6 is 12.6 Å². The fraction of sp³-hybridized carbons (Fsp3) is 0.667. The minimum atomic E-state index is 0.000809. The van der Waals surface area contributed by atoms with Gasteiger partial charge in [-0.05, 0) is 24.7 Å². The molecule has 0 fully saturated rings. The second kappa shape index (κ2) is 7.22. The van der Waals surface area contributed by atoms with Gasteiger partial charge in [0, 0.05) is 13.6 Å². The molecule has 0 atom stereocenters. The minimum absolute atomic E-state index is 0.000809. The van der Waals surface area contributed by atoms with Crippen LogP contribution in [0.4, 0.5) is 0 Å². The number of rotatable bonds is 6. The average Bonchev–Trinajstić information content (AvgIpc) is 2.10. The summed E-state index contributed by atoms with van der Waals surface area (Å²) in [6, 6.07) is 0. The van der Waals surface area contributed by atoms with Crippen molar-refractivity contribution in [3.63, 3.8) is 0 Å². The van der Waals surface area contributed by atoms with Crippen LogP contribution in [0.5, 0.6) is 0 Å². The molecule has 3 heteroatoms. The molecule has 0 aliphatic rings. The summed E-state index contributed by atoms with van der Waals surface area (Å²) in [5, 5.41) is 0. The summed E-state index contributed by atoms with van der Waals surface area (Å²) < 4.78 is 0. The molecule has 0 aromatic heterocycles. The van der Waals surface area contributed by atoms with Gasteiger partial charge in [-0.1, -0.05) is 13.0 Å². The Bertz CT molecular complexity index is 147. The number of likely N-dealkylation sites (N-methyl/N-ethyl adjacent to an activating group) is 1. The van der Waals surface area contributed by atoms with E-state index in [1.807, 2.05) is 0 Å². The highest BCUT2D eigenvalue weighted by Crippen LogP contribution is 1.98. The number of amides is 1. The molecule has 0 heterocycles. The first-order chi connectivity index (χ1) is 5.72. The summed E-state index contributed by atoms with van der Waals surface area (Å²) >= 11 is 4.11. The first-order valence-electron chi connectivity index (χ1n) is 4.20. The fourth-order valence-electron chi connectivity index (χ4n) is 0.904. The summed E-state index contributed by atoms with van der Waals surface area (Å²) in [4.78, 5) is 12.7. The van der Waals surface area contributed by atoms with E-state index in [1.165, 1.54) is 6.08 Å². The second-order valence-corrected chi connectivity index (χ2v) is 3.20. The van der Waals surface area contributed by atoms with Crippen LogP contribution in [-0.2, 0) is 4.79 Å². The third-order valence-corrected chi connectivity index (χ3v) is 2.02. The molecule has 0 rings (SSSR count). The zero-order valence-electron chi connectivity index (χ0n) is 7.62. The molecule has 0 aromatic rings. The van der Waals surface area contributed by atoms with Crippen molar-refractivity contribution >= 4 is 18.5 Å². The quantitative estimate of drug-likeness (QED) is 0.381. The Morgan fingerprint density at radius 2 is 2.17 bits per heavy atom. The maximum atomic E-state index is 11.0. The Morgan fingerprint density at radius 1 is 1.50 bits per heavy atom. The third-order valence-electron chi connectivity index (χ3n) is 1.70. The van der Waals surface area contributed by atoms with Gasteiger partial charge in [-0.25, -0.2) is 0 Å². The van der Waals surface area contributed by atoms with E-state index >= 15 is 0 Å². The van der Waals surface area contributed by atoms with Gasteiger partial charge in [-0.2, -0.15) is 12.6 Å². The molecule has 0 aliphatic heterocycles. The molecule has 0 aliphatic carbocycles. The van der Waals surface area contributed by atoms with E-state index in [-0.39, 0.29) is 5.91 Å². The van der Waals surface area contributed by atoms with Crippen molar-refractivity contribution in [1.29, 1.82) is 0 Å². The molecule has 0 N–H and O–H groups in total. The first kappa shape index (κ1) is 11.6. The lowest BCUT2D eigenvalue weighted by molar-refractivity contribution is -0.124. The summed E-state index contributed by atoms with van der Waals surface area (Å²) in [6.45, 7) is 4.24. The molecular formula is C9H17NOS. The van der Waals surface area contributed by atoms with Gasteiger partial charge < -0.3 is 4.90 Å². The maximum absolute atomic E-state index is 11.0. The van der Waals surface area contributed by atoms with E-state index in [4.69, 9.17) is 0 Å². The third kappa shape index (κ3) is 5.24. The molecule has 0 radical (unpaired) electrons. The molecule has 12 heavy (non-hydrogen) atoms. The lowest BCUT2D eigenvalue weighted by atomic mass is 10.2. The van der Waals surface area contributed by atoms with Crippen LogP contribution < -0.4 is 0 Å². The lowest BCUT2D eigenvalue weighted by Crippen LogP contribution is -2.25. The van der Waals surface area contributed by atoms with Crippen LogP contribution in [0.15, 0.2) is 12.7 Å². The maximum Gasteiger partial charge on any atom is 0.245 e. The molecule has 2 nitrogen and oxygen atoms in total. The molecule has 0 saturated heterocycles. The van der Waals surface area contributed by atoms with Crippen molar-refractivity contribution in [2.45, 2.75) is 19.3 Å². The Morgan fingerprint density at radius 3 is 2.67 bits per heavy atom. The van der Waals surface area contributed by atoms with Crippen LogP contribution in [0.3, 0.4) is 0 Å². The minimum Gasteiger partial charge on any atom is -0.342 e. The van der Waals surface area contributed by atoms with Gasteiger partial charge in [-0.15, -0.1) is 0 Å². The predicted molar refractivity (Wildman–Crippen MR) is 55.5 cm³/mol. The van der Waals surface area contributed by atoms with E-state index in [0.29, 0.717) is 0 Å². The molecule has 0 aromatic carbocycles. The summed E-state index contributed by atoms with van der Waals surface area (Å²) in [7, 11) is 1.80. The van der Waals surface area contributed by atoms with Crippen molar-refractivity contribution in [2.24, 2.45) is 0 Å². The summed E-state index contributed by atoms with van der Waals surface area (Å²) in [6.07, 6.45) is 4.66. The normalized spacial score (nSPS) is 9.50. The van der Waals surface area contributed by atoms with Crippen molar-refractivity contribution < 1.29 is 4.79 Å². The van der Waals surface area contributed by atoms with Gasteiger partial charge in [-0.3, -0.25) is 4.79 Å². The molecular weight excluding hydrogens is 170 g/mol. The lowest BCUT2D eigenvalue weighted by Gasteiger charge is -2.13. The number of nitrogens with zero attached hydrogens (tertiary/aromatic N) is 1. The molecule has 0 bridgehead atoms. The molecule has 0 spiro atoms. The smallest absolute Gasteiger partial charge is 0.245 e. The van der Waals surface area contributed by atoms with Crippen LogP contribution in [0.1, 0.15) is 19.3 Å². The summed E-state index contributed by atoms with van der Waals surface area (Å²) in [5.41, 5.74) is 0. The Balaban J connectivity index is 3.37. The number of carbonyl (C=O) groups is 1. The van der Waals surface area contributed by atoms with Crippen molar-refractivity contribution in [1.82, 2.24) is 4.90 Å². The number of unbranched alkanes of at least 4 members (excludes halogenated alkanes) is 2. The average molecular weight is 187 g/mol. The van der Waals surface area contributed by atoms with Gasteiger partial charge >= 0.3 is 0 Å². The highest BCUT2D eigenvalue weighted by molar-refractivity contribution is 7.80. The van der Waals surface area contributed by atoms with Gasteiger partial charge in [0.25, 0.3) is 0 Å².